The predicted octanol–water partition coefficient (Wildman–Crippen LogP) is 2.60. The number of unbranched alkanes of at least 4 members (excludes halogenated alkanes) is 1. The molecule has 0 aliphatic rings. The van der Waals surface area contributed by atoms with Gasteiger partial charge in [-0.3, -0.25) is 4.98 Å². The van der Waals surface area contributed by atoms with Crippen LogP contribution >= 0.6 is 0 Å². The zero-order chi connectivity index (χ0) is 13.3. The van der Waals surface area contributed by atoms with Gasteiger partial charge in [0.1, 0.15) is 0 Å². The van der Waals surface area contributed by atoms with E-state index in [9.17, 15) is 0 Å². The molecule has 0 bridgehead atoms. The molecule has 0 saturated carbocycles. The smallest absolute Gasteiger partial charge is 0.0945 e. The molecular formula is C14H21N5. The molecule has 0 aliphatic carbocycles. The summed E-state index contributed by atoms with van der Waals surface area (Å²) in [6, 6.07) is 2.09. The summed E-state index contributed by atoms with van der Waals surface area (Å²) in [6.45, 7) is 4.98. The summed E-state index contributed by atoms with van der Waals surface area (Å²) in [5.74, 6) is 0. The number of aryl methyl sites for hydroxylation is 1. The van der Waals surface area contributed by atoms with E-state index >= 15 is 0 Å². The maximum absolute atomic E-state index is 4.21. The van der Waals surface area contributed by atoms with Gasteiger partial charge in [0.2, 0.25) is 0 Å². The topological polar surface area (TPSA) is 54.8 Å². The summed E-state index contributed by atoms with van der Waals surface area (Å²) in [6.07, 6.45) is 11.6. The van der Waals surface area contributed by atoms with E-state index in [-0.39, 0.29) is 0 Å². The van der Waals surface area contributed by atoms with Crippen molar-refractivity contribution in [3.05, 3.63) is 37.2 Å². The van der Waals surface area contributed by atoms with Crippen molar-refractivity contribution < 1.29 is 0 Å². The van der Waals surface area contributed by atoms with Gasteiger partial charge in [0.15, 0.2) is 0 Å². The highest BCUT2D eigenvalue weighted by molar-refractivity contribution is 5.53. The van der Waals surface area contributed by atoms with Crippen molar-refractivity contribution in [1.82, 2.24) is 14.5 Å². The summed E-state index contributed by atoms with van der Waals surface area (Å²) in [5.41, 5.74) is 2.13. The van der Waals surface area contributed by atoms with Gasteiger partial charge in [-0.05, 0) is 25.8 Å². The SMILES string of the molecule is CCNc1cncc(NCCCCn2ccnc2)c1. The second-order valence-corrected chi connectivity index (χ2v) is 4.43. The lowest BCUT2D eigenvalue weighted by atomic mass is 10.3. The Kier molecular flexibility index (Phi) is 5.22. The summed E-state index contributed by atoms with van der Waals surface area (Å²) in [5, 5.41) is 6.65. The number of aromatic nitrogens is 3. The lowest BCUT2D eigenvalue weighted by Crippen LogP contribution is -2.05. The Balaban J connectivity index is 1.66. The lowest BCUT2D eigenvalue weighted by molar-refractivity contribution is 0.621. The average Bonchev–Trinajstić information content (AvgIpc) is 2.92. The van der Waals surface area contributed by atoms with Gasteiger partial charge in [0.05, 0.1) is 30.1 Å². The zero-order valence-corrected chi connectivity index (χ0v) is 11.3. The van der Waals surface area contributed by atoms with Crippen molar-refractivity contribution in [1.29, 1.82) is 0 Å². The van der Waals surface area contributed by atoms with Crippen LogP contribution in [0.4, 0.5) is 11.4 Å². The Hall–Kier alpha value is -2.04. The van der Waals surface area contributed by atoms with Gasteiger partial charge in [-0.1, -0.05) is 0 Å². The number of imidazole rings is 1. The molecule has 2 aromatic rings. The molecule has 0 unspecified atom stereocenters. The number of anilines is 2. The van der Waals surface area contributed by atoms with E-state index in [1.165, 1.54) is 0 Å². The average molecular weight is 259 g/mol. The van der Waals surface area contributed by atoms with E-state index in [0.717, 1.165) is 43.9 Å². The lowest BCUT2D eigenvalue weighted by Gasteiger charge is -2.08. The summed E-state index contributed by atoms with van der Waals surface area (Å²) < 4.78 is 2.10. The van der Waals surface area contributed by atoms with Crippen LogP contribution in [0.15, 0.2) is 37.2 Å². The highest BCUT2D eigenvalue weighted by atomic mass is 15.0. The summed E-state index contributed by atoms with van der Waals surface area (Å²) >= 11 is 0. The standard InChI is InChI=1S/C14H21N5/c1-2-17-13-9-14(11-16-10-13)18-5-3-4-7-19-8-6-15-12-19/h6,8-12,17-18H,2-5,7H2,1H3. The van der Waals surface area contributed by atoms with Crippen LogP contribution in [0.2, 0.25) is 0 Å². The largest absolute Gasteiger partial charge is 0.384 e. The molecule has 5 nitrogen and oxygen atoms in total. The van der Waals surface area contributed by atoms with Gasteiger partial charge < -0.3 is 15.2 Å². The van der Waals surface area contributed by atoms with E-state index in [0.29, 0.717) is 0 Å². The minimum absolute atomic E-state index is 0.913. The first-order valence-corrected chi connectivity index (χ1v) is 6.77. The molecule has 0 aromatic carbocycles. The molecule has 2 rings (SSSR count). The Labute approximate surface area is 114 Å². The molecule has 0 saturated heterocycles. The Morgan fingerprint density at radius 3 is 2.68 bits per heavy atom. The van der Waals surface area contributed by atoms with Gasteiger partial charge in [-0.25, -0.2) is 4.98 Å². The molecule has 0 atom stereocenters. The number of pyridine rings is 1. The van der Waals surface area contributed by atoms with Crippen LogP contribution in [0.5, 0.6) is 0 Å². The monoisotopic (exact) mass is 259 g/mol. The van der Waals surface area contributed by atoms with Crippen molar-refractivity contribution in [2.24, 2.45) is 0 Å². The van der Waals surface area contributed by atoms with Crippen LogP contribution in [0, 0.1) is 0 Å². The number of rotatable bonds is 8. The molecule has 0 spiro atoms. The second-order valence-electron chi connectivity index (χ2n) is 4.43. The maximum atomic E-state index is 4.21. The minimum Gasteiger partial charge on any atom is -0.384 e. The first-order valence-electron chi connectivity index (χ1n) is 6.77. The van der Waals surface area contributed by atoms with Crippen LogP contribution < -0.4 is 10.6 Å². The normalized spacial score (nSPS) is 10.4. The first kappa shape index (κ1) is 13.4. The Morgan fingerprint density at radius 1 is 1.11 bits per heavy atom. The van der Waals surface area contributed by atoms with E-state index in [1.54, 1.807) is 0 Å². The van der Waals surface area contributed by atoms with Crippen molar-refractivity contribution >= 4 is 11.4 Å². The Bertz CT molecular complexity index is 466. The van der Waals surface area contributed by atoms with Gasteiger partial charge in [-0.15, -0.1) is 0 Å². The van der Waals surface area contributed by atoms with Crippen molar-refractivity contribution in [3.8, 4) is 0 Å². The molecule has 2 N–H and O–H groups in total. The third kappa shape index (κ3) is 4.62. The third-order valence-electron chi connectivity index (χ3n) is 2.85. The number of hydrogen-bond donors (Lipinski definition) is 2. The molecule has 19 heavy (non-hydrogen) atoms. The predicted molar refractivity (Wildman–Crippen MR) is 78.4 cm³/mol. The molecule has 2 heterocycles. The zero-order valence-electron chi connectivity index (χ0n) is 11.3. The minimum atomic E-state index is 0.913. The Morgan fingerprint density at radius 2 is 1.95 bits per heavy atom. The highest BCUT2D eigenvalue weighted by Gasteiger charge is 1.96. The summed E-state index contributed by atoms with van der Waals surface area (Å²) in [7, 11) is 0. The van der Waals surface area contributed by atoms with E-state index in [2.05, 4.69) is 38.2 Å². The number of hydrogen-bond acceptors (Lipinski definition) is 4. The molecule has 0 fully saturated rings. The first-order chi connectivity index (χ1) is 9.38. The highest BCUT2D eigenvalue weighted by Crippen LogP contribution is 2.12. The van der Waals surface area contributed by atoms with Crippen LogP contribution in [-0.4, -0.2) is 27.6 Å². The molecule has 2 aromatic heterocycles. The molecule has 102 valence electrons. The number of nitrogens with zero attached hydrogens (tertiary/aromatic N) is 3. The maximum Gasteiger partial charge on any atom is 0.0945 e. The van der Waals surface area contributed by atoms with Gasteiger partial charge >= 0.3 is 0 Å². The van der Waals surface area contributed by atoms with Gasteiger partial charge in [0.25, 0.3) is 0 Å². The van der Waals surface area contributed by atoms with E-state index in [1.807, 2.05) is 31.1 Å². The van der Waals surface area contributed by atoms with E-state index in [4.69, 9.17) is 0 Å². The molecule has 5 heteroatoms. The quantitative estimate of drug-likeness (QED) is 0.715. The fraction of sp³-hybridized carbons (Fsp3) is 0.429. The number of nitrogens with one attached hydrogen (secondary N) is 2. The van der Waals surface area contributed by atoms with Gasteiger partial charge in [-0.2, -0.15) is 0 Å². The second kappa shape index (κ2) is 7.41. The van der Waals surface area contributed by atoms with Crippen molar-refractivity contribution in [3.63, 3.8) is 0 Å². The van der Waals surface area contributed by atoms with Crippen LogP contribution in [0.1, 0.15) is 19.8 Å². The molecule has 0 radical (unpaired) electrons. The molecule has 0 aliphatic heterocycles. The third-order valence-corrected chi connectivity index (χ3v) is 2.85. The van der Waals surface area contributed by atoms with E-state index < -0.39 is 0 Å². The fourth-order valence-corrected chi connectivity index (χ4v) is 1.91. The van der Waals surface area contributed by atoms with Crippen LogP contribution in [0.3, 0.4) is 0 Å². The molecular weight excluding hydrogens is 238 g/mol. The van der Waals surface area contributed by atoms with Crippen molar-refractivity contribution in [2.75, 3.05) is 23.7 Å². The van der Waals surface area contributed by atoms with Crippen LogP contribution in [0.25, 0.3) is 0 Å². The van der Waals surface area contributed by atoms with Gasteiger partial charge in [0, 0.05) is 32.0 Å². The summed E-state index contributed by atoms with van der Waals surface area (Å²) in [4.78, 5) is 8.23. The van der Waals surface area contributed by atoms with Crippen molar-refractivity contribution in [2.45, 2.75) is 26.3 Å². The van der Waals surface area contributed by atoms with Crippen LogP contribution in [-0.2, 0) is 6.54 Å². The molecule has 0 amide bonds. The fourth-order valence-electron chi connectivity index (χ4n) is 1.91.